The summed E-state index contributed by atoms with van der Waals surface area (Å²) in [7, 11) is 1.51. The number of hydrogen-bond acceptors (Lipinski definition) is 7. The SMILES string of the molecule is COc1cc(/C=N\n2c(-c3n[nH]c4c3CCC4)n[nH]c2=S)ccc1OC(C)=O. The first kappa shape index (κ1) is 18.1. The number of nitrogens with zero attached hydrogens (tertiary/aromatic N) is 4. The summed E-state index contributed by atoms with van der Waals surface area (Å²) >= 11 is 5.32. The van der Waals surface area contributed by atoms with Crippen LogP contribution < -0.4 is 9.47 Å². The number of hydrogen-bond donors (Lipinski definition) is 2. The quantitative estimate of drug-likeness (QED) is 0.296. The van der Waals surface area contributed by atoms with Crippen LogP contribution in [0.5, 0.6) is 11.5 Å². The van der Waals surface area contributed by atoms with Crippen molar-refractivity contribution in [3.8, 4) is 23.0 Å². The summed E-state index contributed by atoms with van der Waals surface area (Å²) < 4.78 is 12.3. The molecule has 0 aliphatic heterocycles. The Balaban J connectivity index is 1.67. The molecular formula is C18H18N6O3S. The zero-order chi connectivity index (χ0) is 19.7. The van der Waals surface area contributed by atoms with Crippen LogP contribution in [0.1, 0.15) is 30.2 Å². The summed E-state index contributed by atoms with van der Waals surface area (Å²) in [4.78, 5) is 11.2. The van der Waals surface area contributed by atoms with E-state index in [-0.39, 0.29) is 0 Å². The summed E-state index contributed by atoms with van der Waals surface area (Å²) in [5.74, 6) is 0.921. The molecule has 9 nitrogen and oxygen atoms in total. The van der Waals surface area contributed by atoms with E-state index < -0.39 is 5.97 Å². The lowest BCUT2D eigenvalue weighted by atomic mass is 10.2. The number of rotatable bonds is 5. The zero-order valence-corrected chi connectivity index (χ0v) is 16.2. The second-order valence-electron chi connectivity index (χ2n) is 6.30. The summed E-state index contributed by atoms with van der Waals surface area (Å²) in [5, 5.41) is 19.0. The Morgan fingerprint density at radius 1 is 1.29 bits per heavy atom. The molecule has 1 aliphatic carbocycles. The minimum absolute atomic E-state index is 0.347. The van der Waals surface area contributed by atoms with E-state index in [1.807, 2.05) is 0 Å². The highest BCUT2D eigenvalue weighted by molar-refractivity contribution is 7.71. The molecule has 0 fully saturated rings. The van der Waals surface area contributed by atoms with E-state index in [0.717, 1.165) is 41.8 Å². The molecule has 2 N–H and O–H groups in total. The summed E-state index contributed by atoms with van der Waals surface area (Å²) in [6.45, 7) is 1.34. The van der Waals surface area contributed by atoms with Gasteiger partial charge in [-0.25, -0.2) is 5.10 Å². The van der Waals surface area contributed by atoms with Crippen molar-refractivity contribution in [3.05, 3.63) is 39.8 Å². The van der Waals surface area contributed by atoms with E-state index in [1.54, 1.807) is 24.4 Å². The topological polar surface area (TPSA) is 110 Å². The van der Waals surface area contributed by atoms with Gasteiger partial charge in [-0.2, -0.15) is 20.0 Å². The molecule has 3 aromatic rings. The standard InChI is InChI=1S/C18H18N6O3S/c1-10(25)27-14-7-6-11(8-15(14)26-2)9-19-24-17(22-23-18(24)28)16-12-4-3-5-13(12)20-21-16/h6-9H,3-5H2,1-2H3,(H,20,21)(H,23,28)/b19-9-. The highest BCUT2D eigenvalue weighted by atomic mass is 32.1. The first-order chi connectivity index (χ1) is 13.6. The number of aromatic amines is 2. The predicted molar refractivity (Wildman–Crippen MR) is 104 cm³/mol. The van der Waals surface area contributed by atoms with Crippen LogP contribution in [0, 0.1) is 4.77 Å². The van der Waals surface area contributed by atoms with Gasteiger partial charge in [0.2, 0.25) is 10.6 Å². The number of H-pyrrole nitrogens is 2. The van der Waals surface area contributed by atoms with Gasteiger partial charge in [0, 0.05) is 18.2 Å². The molecule has 0 saturated heterocycles. The minimum atomic E-state index is -0.416. The Hall–Kier alpha value is -3.27. The number of nitrogens with one attached hydrogen (secondary N) is 2. The Bertz CT molecular complexity index is 1130. The molecule has 0 saturated carbocycles. The number of carbonyl (C=O) groups is 1. The molecule has 0 spiro atoms. The van der Waals surface area contributed by atoms with Crippen molar-refractivity contribution in [1.29, 1.82) is 0 Å². The number of aromatic nitrogens is 5. The normalized spacial score (nSPS) is 13.1. The van der Waals surface area contributed by atoms with Crippen LogP contribution in [0.2, 0.25) is 0 Å². The first-order valence-corrected chi connectivity index (χ1v) is 9.12. The van der Waals surface area contributed by atoms with Crippen LogP contribution in [-0.2, 0) is 17.6 Å². The second kappa shape index (κ2) is 7.39. The Morgan fingerprint density at radius 3 is 2.93 bits per heavy atom. The van der Waals surface area contributed by atoms with Crippen molar-refractivity contribution in [3.63, 3.8) is 0 Å². The van der Waals surface area contributed by atoms with Gasteiger partial charge >= 0.3 is 5.97 Å². The Labute approximate surface area is 165 Å². The fourth-order valence-electron chi connectivity index (χ4n) is 3.18. The van der Waals surface area contributed by atoms with Gasteiger partial charge in [-0.3, -0.25) is 9.89 Å². The third-order valence-corrected chi connectivity index (χ3v) is 4.70. The highest BCUT2D eigenvalue weighted by Gasteiger charge is 2.23. The van der Waals surface area contributed by atoms with Crippen molar-refractivity contribution in [2.45, 2.75) is 26.2 Å². The predicted octanol–water partition coefficient (Wildman–Crippen LogP) is 2.64. The number of fused-ring (bicyclic) bond motifs is 1. The lowest BCUT2D eigenvalue weighted by molar-refractivity contribution is -0.132. The smallest absolute Gasteiger partial charge is 0.308 e. The molecule has 4 rings (SSSR count). The molecule has 0 radical (unpaired) electrons. The fourth-order valence-corrected chi connectivity index (χ4v) is 3.36. The maximum absolute atomic E-state index is 11.2. The van der Waals surface area contributed by atoms with Gasteiger partial charge in [-0.1, -0.05) is 0 Å². The van der Waals surface area contributed by atoms with Crippen LogP contribution >= 0.6 is 12.2 Å². The molecule has 0 amide bonds. The second-order valence-corrected chi connectivity index (χ2v) is 6.68. The molecular weight excluding hydrogens is 380 g/mol. The zero-order valence-electron chi connectivity index (χ0n) is 15.4. The Kier molecular flexibility index (Phi) is 4.78. The van der Waals surface area contributed by atoms with Gasteiger partial charge in [0.1, 0.15) is 5.69 Å². The molecule has 0 unspecified atom stereocenters. The third kappa shape index (κ3) is 3.33. The minimum Gasteiger partial charge on any atom is -0.493 e. The average Bonchev–Trinajstić information content (AvgIpc) is 3.36. The van der Waals surface area contributed by atoms with Crippen LogP contribution in [0.15, 0.2) is 23.3 Å². The van der Waals surface area contributed by atoms with E-state index in [0.29, 0.717) is 22.1 Å². The highest BCUT2D eigenvalue weighted by Crippen LogP contribution is 2.30. The maximum Gasteiger partial charge on any atom is 0.308 e. The monoisotopic (exact) mass is 398 g/mol. The summed E-state index contributed by atoms with van der Waals surface area (Å²) in [6, 6.07) is 5.13. The van der Waals surface area contributed by atoms with Crippen LogP contribution in [0.25, 0.3) is 11.5 Å². The molecule has 144 valence electrons. The number of carbonyl (C=O) groups excluding carboxylic acids is 1. The van der Waals surface area contributed by atoms with Crippen molar-refractivity contribution in [1.82, 2.24) is 25.1 Å². The lowest BCUT2D eigenvalue weighted by Gasteiger charge is -2.08. The molecule has 2 aromatic heterocycles. The largest absolute Gasteiger partial charge is 0.493 e. The number of aryl methyl sites for hydroxylation is 1. The van der Waals surface area contributed by atoms with Crippen LogP contribution in [0.4, 0.5) is 0 Å². The molecule has 2 heterocycles. The molecule has 10 heteroatoms. The van der Waals surface area contributed by atoms with Gasteiger partial charge < -0.3 is 9.47 Å². The van der Waals surface area contributed by atoms with E-state index >= 15 is 0 Å². The van der Waals surface area contributed by atoms with Crippen LogP contribution in [-0.4, -0.2) is 44.4 Å². The third-order valence-electron chi connectivity index (χ3n) is 4.43. The number of ether oxygens (including phenoxy) is 2. The van der Waals surface area contributed by atoms with Crippen LogP contribution in [0.3, 0.4) is 0 Å². The van der Waals surface area contributed by atoms with E-state index in [2.05, 4.69) is 25.5 Å². The van der Waals surface area contributed by atoms with Gasteiger partial charge in [-0.15, -0.1) is 0 Å². The van der Waals surface area contributed by atoms with E-state index in [1.165, 1.54) is 18.7 Å². The van der Waals surface area contributed by atoms with Gasteiger partial charge in [-0.05, 0) is 55.2 Å². The lowest BCUT2D eigenvalue weighted by Crippen LogP contribution is -2.03. The van der Waals surface area contributed by atoms with Gasteiger partial charge in [0.05, 0.1) is 13.3 Å². The van der Waals surface area contributed by atoms with Crippen molar-refractivity contribution in [2.75, 3.05) is 7.11 Å². The summed E-state index contributed by atoms with van der Waals surface area (Å²) in [6.07, 6.45) is 4.67. The molecule has 0 bridgehead atoms. The molecule has 1 aromatic carbocycles. The average molecular weight is 398 g/mol. The van der Waals surface area contributed by atoms with Crippen molar-refractivity contribution >= 4 is 24.4 Å². The number of benzene rings is 1. The fraction of sp³-hybridized carbons (Fsp3) is 0.278. The maximum atomic E-state index is 11.2. The van der Waals surface area contributed by atoms with Gasteiger partial charge in [0.15, 0.2) is 11.5 Å². The number of methoxy groups -OCH3 is 1. The van der Waals surface area contributed by atoms with Crippen molar-refractivity contribution < 1.29 is 14.3 Å². The number of esters is 1. The van der Waals surface area contributed by atoms with E-state index in [4.69, 9.17) is 21.7 Å². The van der Waals surface area contributed by atoms with Gasteiger partial charge in [0.25, 0.3) is 0 Å². The first-order valence-electron chi connectivity index (χ1n) is 8.71. The summed E-state index contributed by atoms with van der Waals surface area (Å²) in [5.41, 5.74) is 3.82. The molecule has 1 aliphatic rings. The van der Waals surface area contributed by atoms with E-state index in [9.17, 15) is 4.79 Å². The van der Waals surface area contributed by atoms with Crippen molar-refractivity contribution in [2.24, 2.45) is 5.10 Å². The molecule has 0 atom stereocenters. The molecule has 28 heavy (non-hydrogen) atoms. The Morgan fingerprint density at radius 2 is 2.14 bits per heavy atom.